The normalized spacial score (nSPS) is 10.2. The molecule has 0 saturated heterocycles. The zero-order valence-electron chi connectivity index (χ0n) is 16.2. The lowest BCUT2D eigenvalue weighted by molar-refractivity contribution is 0.354. The standard InChI is InChI=1S/C21H30N2O2.ClH/c1-5-23(6-2)19-10-7-18(8-11-19)16-22-14-13-17-9-12-20(24-3)21(15-17)25-4;/h7-12,15,22H,5-6,13-14,16H2,1-4H3;1H. The van der Waals surface area contributed by atoms with Crippen molar-refractivity contribution in [1.29, 1.82) is 0 Å². The molecule has 0 amide bonds. The first kappa shape index (κ1) is 22.1. The number of hydrogen-bond donors (Lipinski definition) is 1. The first-order chi connectivity index (χ1) is 12.2. The fourth-order valence-corrected chi connectivity index (χ4v) is 2.91. The fourth-order valence-electron chi connectivity index (χ4n) is 2.91. The van der Waals surface area contributed by atoms with Gasteiger partial charge in [-0.05, 0) is 62.2 Å². The van der Waals surface area contributed by atoms with E-state index in [0.29, 0.717) is 0 Å². The van der Waals surface area contributed by atoms with Gasteiger partial charge in [-0.25, -0.2) is 0 Å². The molecule has 5 heteroatoms. The minimum absolute atomic E-state index is 0. The quantitative estimate of drug-likeness (QED) is 0.625. The SMILES string of the molecule is CCN(CC)c1ccc(CNCCc2ccc(OC)c(OC)c2)cc1.Cl. The van der Waals surface area contributed by atoms with Crippen LogP contribution in [0.2, 0.25) is 0 Å². The third-order valence-electron chi connectivity index (χ3n) is 4.43. The summed E-state index contributed by atoms with van der Waals surface area (Å²) in [5.41, 5.74) is 3.84. The highest BCUT2D eigenvalue weighted by molar-refractivity contribution is 5.85. The maximum atomic E-state index is 5.35. The molecule has 0 aromatic heterocycles. The van der Waals surface area contributed by atoms with Crippen LogP contribution in [0.5, 0.6) is 11.5 Å². The van der Waals surface area contributed by atoms with Crippen molar-refractivity contribution >= 4 is 18.1 Å². The highest BCUT2D eigenvalue weighted by Gasteiger charge is 2.05. The Balaban J connectivity index is 0.00000338. The second-order valence-electron chi connectivity index (χ2n) is 5.95. The van der Waals surface area contributed by atoms with Crippen LogP contribution in [-0.2, 0) is 13.0 Å². The lowest BCUT2D eigenvalue weighted by Crippen LogP contribution is -2.21. The summed E-state index contributed by atoms with van der Waals surface area (Å²) in [5.74, 6) is 1.56. The monoisotopic (exact) mass is 378 g/mol. The summed E-state index contributed by atoms with van der Waals surface area (Å²) in [5, 5.41) is 3.51. The number of rotatable bonds is 10. The Morgan fingerprint density at radius 2 is 1.46 bits per heavy atom. The molecule has 0 fully saturated rings. The van der Waals surface area contributed by atoms with Crippen molar-refractivity contribution in [2.75, 3.05) is 38.8 Å². The van der Waals surface area contributed by atoms with Crippen LogP contribution in [0, 0.1) is 0 Å². The zero-order valence-corrected chi connectivity index (χ0v) is 17.1. The maximum absolute atomic E-state index is 5.35. The van der Waals surface area contributed by atoms with E-state index in [2.05, 4.69) is 54.4 Å². The third kappa shape index (κ3) is 6.11. The zero-order chi connectivity index (χ0) is 18.1. The summed E-state index contributed by atoms with van der Waals surface area (Å²) in [7, 11) is 3.33. The number of nitrogens with zero attached hydrogens (tertiary/aromatic N) is 1. The van der Waals surface area contributed by atoms with Gasteiger partial charge in [-0.2, -0.15) is 0 Å². The van der Waals surface area contributed by atoms with Gasteiger partial charge < -0.3 is 19.7 Å². The van der Waals surface area contributed by atoms with E-state index < -0.39 is 0 Å². The molecule has 0 unspecified atom stereocenters. The molecule has 0 saturated carbocycles. The predicted octanol–water partition coefficient (Wildman–Crippen LogP) is 4.30. The Bertz CT molecular complexity index is 643. The molecule has 4 nitrogen and oxygen atoms in total. The Hall–Kier alpha value is -1.91. The molecule has 0 heterocycles. The number of nitrogens with one attached hydrogen (secondary N) is 1. The highest BCUT2D eigenvalue weighted by Crippen LogP contribution is 2.27. The van der Waals surface area contributed by atoms with E-state index in [1.165, 1.54) is 16.8 Å². The average Bonchev–Trinajstić information content (AvgIpc) is 2.67. The van der Waals surface area contributed by atoms with Gasteiger partial charge in [-0.3, -0.25) is 0 Å². The van der Waals surface area contributed by atoms with Gasteiger partial charge in [0, 0.05) is 25.3 Å². The van der Waals surface area contributed by atoms with Gasteiger partial charge in [0.1, 0.15) is 0 Å². The summed E-state index contributed by atoms with van der Waals surface area (Å²) in [6.45, 7) is 8.26. The van der Waals surface area contributed by atoms with Crippen LogP contribution in [0.3, 0.4) is 0 Å². The van der Waals surface area contributed by atoms with Crippen molar-refractivity contribution in [2.24, 2.45) is 0 Å². The Morgan fingerprint density at radius 1 is 0.846 bits per heavy atom. The van der Waals surface area contributed by atoms with Crippen molar-refractivity contribution in [3.05, 3.63) is 53.6 Å². The maximum Gasteiger partial charge on any atom is 0.160 e. The lowest BCUT2D eigenvalue weighted by Gasteiger charge is -2.21. The van der Waals surface area contributed by atoms with E-state index in [0.717, 1.165) is 44.1 Å². The van der Waals surface area contributed by atoms with Crippen LogP contribution in [0.15, 0.2) is 42.5 Å². The van der Waals surface area contributed by atoms with Crippen LogP contribution in [0.25, 0.3) is 0 Å². The molecule has 0 atom stereocenters. The summed E-state index contributed by atoms with van der Waals surface area (Å²) in [4.78, 5) is 2.36. The number of ether oxygens (including phenoxy) is 2. The second-order valence-corrected chi connectivity index (χ2v) is 5.95. The molecule has 0 bridgehead atoms. The van der Waals surface area contributed by atoms with Crippen molar-refractivity contribution in [1.82, 2.24) is 5.32 Å². The topological polar surface area (TPSA) is 33.7 Å². The van der Waals surface area contributed by atoms with Crippen LogP contribution in [0.1, 0.15) is 25.0 Å². The minimum Gasteiger partial charge on any atom is -0.493 e. The van der Waals surface area contributed by atoms with E-state index in [1.54, 1.807) is 14.2 Å². The first-order valence-electron chi connectivity index (χ1n) is 8.97. The molecule has 2 aromatic rings. The molecule has 26 heavy (non-hydrogen) atoms. The van der Waals surface area contributed by atoms with Crippen LogP contribution < -0.4 is 19.7 Å². The van der Waals surface area contributed by atoms with Gasteiger partial charge in [-0.1, -0.05) is 18.2 Å². The molecule has 0 aliphatic rings. The van der Waals surface area contributed by atoms with Gasteiger partial charge in [0.05, 0.1) is 14.2 Å². The number of anilines is 1. The van der Waals surface area contributed by atoms with E-state index in [-0.39, 0.29) is 12.4 Å². The van der Waals surface area contributed by atoms with Gasteiger partial charge in [0.25, 0.3) is 0 Å². The molecule has 0 aliphatic carbocycles. The Kier molecular flexibility index (Phi) is 9.92. The first-order valence-corrected chi connectivity index (χ1v) is 8.97. The summed E-state index contributed by atoms with van der Waals surface area (Å²) >= 11 is 0. The smallest absolute Gasteiger partial charge is 0.160 e. The Morgan fingerprint density at radius 3 is 2.04 bits per heavy atom. The molecular formula is C21H31ClN2O2. The van der Waals surface area contributed by atoms with Gasteiger partial charge in [-0.15, -0.1) is 12.4 Å². The van der Waals surface area contributed by atoms with Crippen molar-refractivity contribution in [2.45, 2.75) is 26.8 Å². The number of halogens is 1. The van der Waals surface area contributed by atoms with Crippen molar-refractivity contribution in [3.8, 4) is 11.5 Å². The van der Waals surface area contributed by atoms with Crippen molar-refractivity contribution in [3.63, 3.8) is 0 Å². The summed E-state index contributed by atoms with van der Waals surface area (Å²) in [6.07, 6.45) is 0.956. The number of benzene rings is 2. The van der Waals surface area contributed by atoms with Crippen LogP contribution >= 0.6 is 12.4 Å². The summed E-state index contributed by atoms with van der Waals surface area (Å²) in [6, 6.07) is 14.9. The molecular weight excluding hydrogens is 348 g/mol. The molecule has 0 radical (unpaired) electrons. The molecule has 2 rings (SSSR count). The van der Waals surface area contributed by atoms with E-state index in [4.69, 9.17) is 9.47 Å². The largest absolute Gasteiger partial charge is 0.493 e. The van der Waals surface area contributed by atoms with Gasteiger partial charge >= 0.3 is 0 Å². The third-order valence-corrected chi connectivity index (χ3v) is 4.43. The molecule has 2 aromatic carbocycles. The number of hydrogen-bond acceptors (Lipinski definition) is 4. The van der Waals surface area contributed by atoms with E-state index >= 15 is 0 Å². The van der Waals surface area contributed by atoms with Gasteiger partial charge in [0.2, 0.25) is 0 Å². The summed E-state index contributed by atoms with van der Waals surface area (Å²) < 4.78 is 10.6. The Labute approximate surface area is 163 Å². The lowest BCUT2D eigenvalue weighted by atomic mass is 10.1. The number of methoxy groups -OCH3 is 2. The molecule has 144 valence electrons. The van der Waals surface area contributed by atoms with Gasteiger partial charge in [0.15, 0.2) is 11.5 Å². The van der Waals surface area contributed by atoms with Crippen LogP contribution in [-0.4, -0.2) is 33.9 Å². The van der Waals surface area contributed by atoms with Crippen LogP contribution in [0.4, 0.5) is 5.69 Å². The van der Waals surface area contributed by atoms with E-state index in [1.807, 2.05) is 12.1 Å². The average molecular weight is 379 g/mol. The molecule has 1 N–H and O–H groups in total. The molecule has 0 aliphatic heterocycles. The second kappa shape index (κ2) is 11.7. The fraction of sp³-hybridized carbons (Fsp3) is 0.429. The predicted molar refractivity (Wildman–Crippen MR) is 112 cm³/mol. The highest BCUT2D eigenvalue weighted by atomic mass is 35.5. The molecule has 0 spiro atoms. The van der Waals surface area contributed by atoms with E-state index in [9.17, 15) is 0 Å². The minimum atomic E-state index is 0. The van der Waals surface area contributed by atoms with Crippen molar-refractivity contribution < 1.29 is 9.47 Å².